The fourth-order valence-corrected chi connectivity index (χ4v) is 4.92. The maximum atomic E-state index is 8.67. The highest BCUT2D eigenvalue weighted by Gasteiger charge is 2.28. The third-order valence-corrected chi connectivity index (χ3v) is 6.94. The predicted molar refractivity (Wildman–Crippen MR) is 137 cm³/mol. The summed E-state index contributed by atoms with van der Waals surface area (Å²) in [6.07, 6.45) is 13.7. The first kappa shape index (κ1) is 26.1. The fourth-order valence-electron chi connectivity index (χ4n) is 4.92. The van der Waals surface area contributed by atoms with Crippen LogP contribution in [0.1, 0.15) is 58.8 Å². The summed E-state index contributed by atoms with van der Waals surface area (Å²) in [4.78, 5) is 13.4. The van der Waals surface area contributed by atoms with Crippen molar-refractivity contribution in [3.8, 4) is 0 Å². The van der Waals surface area contributed by atoms with Crippen LogP contribution in [0.4, 0.5) is 0 Å². The van der Waals surface area contributed by atoms with E-state index in [1.54, 1.807) is 7.05 Å². The number of piperazine rings is 1. The number of nitrogens with one attached hydrogen (secondary N) is 3. The zero-order valence-corrected chi connectivity index (χ0v) is 20.3. The highest BCUT2D eigenvalue weighted by molar-refractivity contribution is 5.99. The van der Waals surface area contributed by atoms with Crippen LogP contribution in [0.5, 0.6) is 0 Å². The van der Waals surface area contributed by atoms with Gasteiger partial charge in [-0.1, -0.05) is 32.8 Å². The van der Waals surface area contributed by atoms with Crippen LogP contribution in [0.3, 0.4) is 0 Å². The van der Waals surface area contributed by atoms with Crippen LogP contribution in [-0.2, 0) is 0 Å². The Hall–Kier alpha value is -2.15. The van der Waals surface area contributed by atoms with Crippen molar-refractivity contribution in [3.05, 3.63) is 11.6 Å². The molecule has 3 atom stereocenters. The number of hydrogen-bond donors (Lipinski definition) is 3. The number of hydrogen-bond acceptors (Lipinski definition) is 5. The normalized spacial score (nSPS) is 22.7. The first-order valence-corrected chi connectivity index (χ1v) is 12.3. The maximum absolute atomic E-state index is 8.67. The van der Waals surface area contributed by atoms with Gasteiger partial charge < -0.3 is 25.6 Å². The SMILES string of the molecule is CCCCC(CCC(=NC=N)N1CCN(CC)CC1)C1=CC(C(C=N)C=NC)CCC1=N. The van der Waals surface area contributed by atoms with Crippen molar-refractivity contribution in [2.45, 2.75) is 58.8 Å². The molecule has 1 saturated heterocycles. The highest BCUT2D eigenvalue weighted by atomic mass is 15.3. The molecule has 0 spiro atoms. The number of nitrogens with zero attached hydrogens (tertiary/aromatic N) is 4. The lowest BCUT2D eigenvalue weighted by atomic mass is 9.75. The third-order valence-electron chi connectivity index (χ3n) is 6.94. The highest BCUT2D eigenvalue weighted by Crippen LogP contribution is 2.34. The Kier molecular flexibility index (Phi) is 11.5. The molecular weight excluding hydrogens is 398 g/mol. The summed E-state index contributed by atoms with van der Waals surface area (Å²) < 4.78 is 0. The van der Waals surface area contributed by atoms with Crippen LogP contribution >= 0.6 is 0 Å². The van der Waals surface area contributed by atoms with Crippen molar-refractivity contribution in [3.63, 3.8) is 0 Å². The van der Waals surface area contributed by atoms with Gasteiger partial charge in [0.25, 0.3) is 0 Å². The van der Waals surface area contributed by atoms with Gasteiger partial charge in [-0.05, 0) is 49.6 Å². The van der Waals surface area contributed by atoms with E-state index in [0.29, 0.717) is 5.92 Å². The van der Waals surface area contributed by atoms with E-state index in [-0.39, 0.29) is 11.8 Å². The third kappa shape index (κ3) is 7.47. The van der Waals surface area contributed by atoms with Crippen molar-refractivity contribution >= 4 is 30.3 Å². The summed E-state index contributed by atoms with van der Waals surface area (Å²) in [6, 6.07) is 0. The minimum atomic E-state index is 0.0137. The molecule has 0 aromatic heterocycles. The minimum absolute atomic E-state index is 0.0137. The molecule has 0 amide bonds. The van der Waals surface area contributed by atoms with Gasteiger partial charge in [-0.15, -0.1) is 0 Å². The van der Waals surface area contributed by atoms with Gasteiger partial charge in [0.1, 0.15) is 12.2 Å². The van der Waals surface area contributed by atoms with E-state index in [2.05, 4.69) is 39.7 Å². The van der Waals surface area contributed by atoms with Crippen molar-refractivity contribution < 1.29 is 0 Å². The van der Waals surface area contributed by atoms with Crippen LogP contribution in [-0.4, -0.2) is 79.9 Å². The summed E-state index contributed by atoms with van der Waals surface area (Å²) >= 11 is 0. The Bertz CT molecular complexity index is 701. The Morgan fingerprint density at radius 3 is 2.53 bits per heavy atom. The molecule has 2 rings (SSSR count). The molecule has 32 heavy (non-hydrogen) atoms. The first-order chi connectivity index (χ1) is 15.6. The zero-order chi connectivity index (χ0) is 23.3. The van der Waals surface area contributed by atoms with Gasteiger partial charge in [-0.25, -0.2) is 4.99 Å². The lowest BCUT2D eigenvalue weighted by Gasteiger charge is -2.36. The lowest BCUT2D eigenvalue weighted by molar-refractivity contribution is 0.188. The summed E-state index contributed by atoms with van der Waals surface area (Å²) in [7, 11) is 1.76. The summed E-state index contributed by atoms with van der Waals surface area (Å²) in [6.45, 7) is 9.55. The van der Waals surface area contributed by atoms with Gasteiger partial charge in [0.05, 0.1) is 0 Å². The van der Waals surface area contributed by atoms with Gasteiger partial charge in [0, 0.05) is 63.7 Å². The van der Waals surface area contributed by atoms with Crippen LogP contribution in [0.15, 0.2) is 21.6 Å². The number of likely N-dealkylation sites (N-methyl/N-ethyl adjacent to an activating group) is 1. The van der Waals surface area contributed by atoms with Crippen molar-refractivity contribution in [2.75, 3.05) is 39.8 Å². The lowest BCUT2D eigenvalue weighted by Crippen LogP contribution is -2.48. The molecule has 3 N–H and O–H groups in total. The molecule has 0 bridgehead atoms. The molecule has 2 aliphatic rings. The smallest absolute Gasteiger partial charge is 0.109 e. The van der Waals surface area contributed by atoms with Gasteiger partial charge in [-0.2, -0.15) is 0 Å². The van der Waals surface area contributed by atoms with Gasteiger partial charge in [-0.3, -0.25) is 5.41 Å². The predicted octanol–water partition coefficient (Wildman–Crippen LogP) is 4.54. The molecule has 0 aromatic carbocycles. The Morgan fingerprint density at radius 1 is 1.19 bits per heavy atom. The van der Waals surface area contributed by atoms with Gasteiger partial charge >= 0.3 is 0 Å². The average Bonchev–Trinajstić information content (AvgIpc) is 2.82. The Morgan fingerprint density at radius 2 is 1.94 bits per heavy atom. The van der Waals surface area contributed by atoms with E-state index in [9.17, 15) is 0 Å². The minimum Gasteiger partial charge on any atom is -0.357 e. The van der Waals surface area contributed by atoms with Crippen LogP contribution < -0.4 is 0 Å². The molecule has 0 aromatic rings. The monoisotopic (exact) mass is 441 g/mol. The number of unbranched alkanes of at least 4 members (excludes halogenated alkanes) is 1. The molecule has 3 unspecified atom stereocenters. The topological polar surface area (TPSA) is 103 Å². The van der Waals surface area contributed by atoms with E-state index >= 15 is 0 Å². The largest absolute Gasteiger partial charge is 0.357 e. The second-order valence-corrected chi connectivity index (χ2v) is 8.93. The first-order valence-electron chi connectivity index (χ1n) is 12.3. The molecular formula is C25H43N7. The number of allylic oxidation sites excluding steroid dienone is 2. The molecule has 0 radical (unpaired) electrons. The van der Waals surface area contributed by atoms with E-state index in [4.69, 9.17) is 16.2 Å². The van der Waals surface area contributed by atoms with Crippen LogP contribution in [0, 0.1) is 34.0 Å². The molecule has 7 heteroatoms. The van der Waals surface area contributed by atoms with E-state index in [1.165, 1.54) is 18.1 Å². The van der Waals surface area contributed by atoms with Crippen molar-refractivity contribution in [2.24, 2.45) is 27.7 Å². The van der Waals surface area contributed by atoms with Crippen molar-refractivity contribution in [1.82, 2.24) is 9.80 Å². The van der Waals surface area contributed by atoms with Gasteiger partial charge in [0.2, 0.25) is 0 Å². The number of amidine groups is 1. The molecule has 0 saturated carbocycles. The standard InChI is InChI=1S/C25H43N7/c1-4-6-7-20(23-16-21(8-10-24(23)28)22(17-26)18-29-3)9-11-25(30-19-27)32-14-12-31(5-2)13-15-32/h16-22,26-28H,4-15H2,1-3H3. The van der Waals surface area contributed by atoms with E-state index in [0.717, 1.165) is 89.2 Å². The van der Waals surface area contributed by atoms with Gasteiger partial charge in [0.15, 0.2) is 0 Å². The number of rotatable bonds is 12. The second kappa shape index (κ2) is 14.1. The molecule has 1 fully saturated rings. The summed E-state index contributed by atoms with van der Waals surface area (Å²) in [5.41, 5.74) is 1.94. The fraction of sp³-hybridized carbons (Fsp3) is 0.720. The van der Waals surface area contributed by atoms with E-state index < -0.39 is 0 Å². The zero-order valence-electron chi connectivity index (χ0n) is 20.3. The molecule has 1 aliphatic carbocycles. The second-order valence-electron chi connectivity index (χ2n) is 8.93. The van der Waals surface area contributed by atoms with Crippen LogP contribution in [0.2, 0.25) is 0 Å². The Labute approximate surface area is 194 Å². The summed E-state index contributed by atoms with van der Waals surface area (Å²) in [5, 5.41) is 24.0. The quantitative estimate of drug-likeness (QED) is 0.306. The number of aliphatic imine (C=N–C) groups is 2. The maximum Gasteiger partial charge on any atom is 0.109 e. The Balaban J connectivity index is 2.16. The van der Waals surface area contributed by atoms with E-state index in [1.807, 2.05) is 6.21 Å². The summed E-state index contributed by atoms with van der Waals surface area (Å²) in [5.74, 6) is 1.62. The average molecular weight is 442 g/mol. The molecule has 1 heterocycles. The van der Waals surface area contributed by atoms with Crippen LogP contribution in [0.25, 0.3) is 0 Å². The molecule has 7 nitrogen and oxygen atoms in total. The van der Waals surface area contributed by atoms with Crippen molar-refractivity contribution in [1.29, 1.82) is 16.2 Å². The molecule has 1 aliphatic heterocycles. The molecule has 178 valence electrons.